The van der Waals surface area contributed by atoms with Gasteiger partial charge in [0.1, 0.15) is 0 Å². The molecule has 0 heterocycles. The number of allylic oxidation sites excluding steroid dienone is 6. The molecule has 0 aromatic heterocycles. The van der Waals surface area contributed by atoms with Crippen LogP contribution < -0.4 is 5.32 Å². The van der Waals surface area contributed by atoms with Gasteiger partial charge in [-0.05, 0) is 77.0 Å². The second kappa shape index (κ2) is 55.7. The van der Waals surface area contributed by atoms with E-state index in [2.05, 4.69) is 55.6 Å². The third-order valence-corrected chi connectivity index (χ3v) is 13.4. The van der Waals surface area contributed by atoms with Gasteiger partial charge in [0.25, 0.3) is 0 Å². The monoisotopic (exact) mass is 928 g/mol. The first-order valence-electron chi connectivity index (χ1n) is 29.3. The molecule has 0 bridgehead atoms. The summed E-state index contributed by atoms with van der Waals surface area (Å²) in [4.78, 5) is 24.5. The van der Waals surface area contributed by atoms with E-state index in [1.165, 1.54) is 199 Å². The summed E-state index contributed by atoms with van der Waals surface area (Å²) in [6.07, 6.45) is 68.6. The Balaban J connectivity index is 3.51. The summed E-state index contributed by atoms with van der Waals surface area (Å²) in [5.41, 5.74) is 0. The first-order valence-corrected chi connectivity index (χ1v) is 29.3. The maximum atomic E-state index is 12.5. The molecule has 2 atom stereocenters. The molecular weight excluding hydrogens is 815 g/mol. The third kappa shape index (κ3) is 51.5. The number of rotatable bonds is 54. The fraction of sp³-hybridized carbons (Fsp3) is 0.867. The van der Waals surface area contributed by atoms with Crippen LogP contribution in [-0.2, 0) is 14.3 Å². The Kier molecular flexibility index (Phi) is 54.1. The van der Waals surface area contributed by atoms with Crippen LogP contribution in [0.3, 0.4) is 0 Å². The quantitative estimate of drug-likeness (QED) is 0.0244. The molecule has 6 nitrogen and oxygen atoms in total. The zero-order chi connectivity index (χ0) is 47.9. The molecule has 388 valence electrons. The summed E-state index contributed by atoms with van der Waals surface area (Å²) in [7, 11) is 0. The summed E-state index contributed by atoms with van der Waals surface area (Å²) in [6.45, 7) is 4.87. The van der Waals surface area contributed by atoms with Gasteiger partial charge >= 0.3 is 5.97 Å². The fourth-order valence-corrected chi connectivity index (χ4v) is 8.91. The van der Waals surface area contributed by atoms with Crippen LogP contribution in [0, 0.1) is 0 Å². The molecule has 0 rings (SSSR count). The van der Waals surface area contributed by atoms with E-state index in [1.54, 1.807) is 0 Å². The first kappa shape index (κ1) is 64.1. The Hall–Kier alpha value is -1.92. The first-order chi connectivity index (χ1) is 32.5. The van der Waals surface area contributed by atoms with Gasteiger partial charge < -0.3 is 20.3 Å². The van der Waals surface area contributed by atoms with E-state index < -0.39 is 12.1 Å². The third-order valence-electron chi connectivity index (χ3n) is 13.4. The predicted octanol–water partition coefficient (Wildman–Crippen LogP) is 18.0. The van der Waals surface area contributed by atoms with E-state index in [0.717, 1.165) is 77.0 Å². The van der Waals surface area contributed by atoms with Crippen molar-refractivity contribution in [2.45, 2.75) is 321 Å². The zero-order valence-electron chi connectivity index (χ0n) is 44.2. The minimum Gasteiger partial charge on any atom is -0.466 e. The Morgan fingerprint density at radius 3 is 1.21 bits per heavy atom. The standard InChI is InChI=1S/C60H113NO5/c1-3-5-7-9-11-13-15-16-17-18-19-20-21-22-23-24-26-29-33-36-40-44-48-52-58(63)57(56-62)61-59(64)53-49-45-41-37-34-30-27-25-28-31-35-39-43-47-51-55-66-60(65)54-50-46-42-38-32-14-12-10-8-6-4-2/h10,12,25,28,31,35,57-58,62-63H,3-9,11,13-24,26-27,29-30,32-34,36-56H2,1-2H3,(H,61,64)/b12-10-,28-25-,35-31-. The van der Waals surface area contributed by atoms with E-state index in [-0.39, 0.29) is 18.5 Å². The molecule has 0 radical (unpaired) electrons. The topological polar surface area (TPSA) is 95.9 Å². The van der Waals surface area contributed by atoms with Crippen molar-refractivity contribution in [2.24, 2.45) is 0 Å². The van der Waals surface area contributed by atoms with E-state index in [4.69, 9.17) is 4.74 Å². The maximum absolute atomic E-state index is 12.5. The number of nitrogens with one attached hydrogen (secondary N) is 1. The van der Waals surface area contributed by atoms with Gasteiger partial charge in [0.05, 0.1) is 25.4 Å². The van der Waals surface area contributed by atoms with Crippen molar-refractivity contribution in [1.29, 1.82) is 0 Å². The number of unbranched alkanes of at least 4 members (excludes halogenated alkanes) is 38. The van der Waals surface area contributed by atoms with Crippen LogP contribution in [0.1, 0.15) is 309 Å². The van der Waals surface area contributed by atoms with Gasteiger partial charge in [-0.3, -0.25) is 9.59 Å². The number of amides is 1. The molecule has 0 aliphatic carbocycles. The Bertz CT molecular complexity index is 1070. The molecule has 0 saturated carbocycles. The van der Waals surface area contributed by atoms with E-state index in [0.29, 0.717) is 25.9 Å². The molecule has 6 heteroatoms. The highest BCUT2D eigenvalue weighted by Gasteiger charge is 2.20. The number of hydrogen-bond donors (Lipinski definition) is 3. The van der Waals surface area contributed by atoms with Gasteiger partial charge in [0.15, 0.2) is 0 Å². The molecule has 1 amide bonds. The van der Waals surface area contributed by atoms with Gasteiger partial charge in [-0.15, -0.1) is 0 Å². The van der Waals surface area contributed by atoms with Crippen molar-refractivity contribution in [2.75, 3.05) is 13.2 Å². The van der Waals surface area contributed by atoms with Crippen molar-refractivity contribution in [3.05, 3.63) is 36.5 Å². The molecular formula is C60H113NO5. The number of carbonyl (C=O) groups excluding carboxylic acids is 2. The summed E-state index contributed by atoms with van der Waals surface area (Å²) in [5.74, 6) is -0.0880. The summed E-state index contributed by atoms with van der Waals surface area (Å²) in [5, 5.41) is 23.3. The smallest absolute Gasteiger partial charge is 0.305 e. The molecule has 3 N–H and O–H groups in total. The number of hydrogen-bond acceptors (Lipinski definition) is 5. The van der Waals surface area contributed by atoms with Crippen LogP contribution in [0.15, 0.2) is 36.5 Å². The second-order valence-corrected chi connectivity index (χ2v) is 20.0. The highest BCUT2D eigenvalue weighted by Crippen LogP contribution is 2.17. The average molecular weight is 929 g/mol. The predicted molar refractivity (Wildman–Crippen MR) is 287 cm³/mol. The highest BCUT2D eigenvalue weighted by molar-refractivity contribution is 5.76. The van der Waals surface area contributed by atoms with Crippen molar-refractivity contribution in [1.82, 2.24) is 5.32 Å². The lowest BCUT2D eigenvalue weighted by molar-refractivity contribution is -0.143. The molecule has 66 heavy (non-hydrogen) atoms. The van der Waals surface area contributed by atoms with Crippen molar-refractivity contribution in [3.63, 3.8) is 0 Å². The lowest BCUT2D eigenvalue weighted by atomic mass is 10.0. The number of aliphatic hydroxyl groups excluding tert-OH is 2. The Morgan fingerprint density at radius 2 is 0.773 bits per heavy atom. The van der Waals surface area contributed by atoms with E-state index in [9.17, 15) is 19.8 Å². The van der Waals surface area contributed by atoms with Crippen molar-refractivity contribution >= 4 is 11.9 Å². The summed E-state index contributed by atoms with van der Waals surface area (Å²) >= 11 is 0. The number of esters is 1. The van der Waals surface area contributed by atoms with Crippen LogP contribution in [0.5, 0.6) is 0 Å². The van der Waals surface area contributed by atoms with E-state index in [1.807, 2.05) is 0 Å². The molecule has 0 fully saturated rings. The summed E-state index contributed by atoms with van der Waals surface area (Å²) in [6, 6.07) is -0.560. The van der Waals surface area contributed by atoms with Crippen molar-refractivity contribution < 1.29 is 24.5 Å². The van der Waals surface area contributed by atoms with Crippen LogP contribution >= 0.6 is 0 Å². The zero-order valence-corrected chi connectivity index (χ0v) is 44.2. The molecule has 0 spiro atoms. The Labute approximate surface area is 411 Å². The minimum atomic E-state index is -0.680. The van der Waals surface area contributed by atoms with Gasteiger partial charge in [-0.25, -0.2) is 0 Å². The Morgan fingerprint density at radius 1 is 0.424 bits per heavy atom. The lowest BCUT2D eigenvalue weighted by Gasteiger charge is -2.22. The molecule has 0 aromatic rings. The molecule has 0 aromatic carbocycles. The van der Waals surface area contributed by atoms with Gasteiger partial charge in [0.2, 0.25) is 5.91 Å². The van der Waals surface area contributed by atoms with Crippen LogP contribution in [-0.4, -0.2) is 47.4 Å². The number of aliphatic hydroxyl groups is 2. The molecule has 0 saturated heterocycles. The minimum absolute atomic E-state index is 0.0325. The normalized spacial score (nSPS) is 12.8. The molecule has 2 unspecified atom stereocenters. The maximum Gasteiger partial charge on any atom is 0.305 e. The van der Waals surface area contributed by atoms with Crippen LogP contribution in [0.4, 0.5) is 0 Å². The SMILES string of the molecule is CCCC/C=C\CCCCCCCC(=O)OCCCCC/C=C\C=C/CCCCCCCCC(=O)NC(CO)C(O)CCCCCCCCCCCCCCCCCCCCCCCCC. The van der Waals surface area contributed by atoms with Gasteiger partial charge in [-0.2, -0.15) is 0 Å². The van der Waals surface area contributed by atoms with Crippen LogP contribution in [0.2, 0.25) is 0 Å². The van der Waals surface area contributed by atoms with Gasteiger partial charge in [-0.1, -0.05) is 256 Å². The van der Waals surface area contributed by atoms with Crippen LogP contribution in [0.25, 0.3) is 0 Å². The van der Waals surface area contributed by atoms with E-state index >= 15 is 0 Å². The highest BCUT2D eigenvalue weighted by atomic mass is 16.5. The summed E-state index contributed by atoms with van der Waals surface area (Å²) < 4.78 is 5.42. The van der Waals surface area contributed by atoms with Gasteiger partial charge in [0, 0.05) is 12.8 Å². The number of carbonyl (C=O) groups is 2. The number of ether oxygens (including phenoxy) is 1. The molecule has 0 aliphatic heterocycles. The van der Waals surface area contributed by atoms with Crippen molar-refractivity contribution in [3.8, 4) is 0 Å². The molecule has 0 aliphatic rings. The lowest BCUT2D eigenvalue weighted by Crippen LogP contribution is -2.45. The fourth-order valence-electron chi connectivity index (χ4n) is 8.91. The second-order valence-electron chi connectivity index (χ2n) is 20.0. The largest absolute Gasteiger partial charge is 0.466 e. The average Bonchev–Trinajstić information content (AvgIpc) is 3.32.